The Balaban J connectivity index is 1.36. The van der Waals surface area contributed by atoms with Gasteiger partial charge in [-0.3, -0.25) is 4.90 Å². The van der Waals surface area contributed by atoms with Crippen LogP contribution < -0.4 is 0 Å². The van der Waals surface area contributed by atoms with Gasteiger partial charge in [0.05, 0.1) is 6.67 Å². The molecular weight excluding hydrogens is 304 g/mol. The summed E-state index contributed by atoms with van der Waals surface area (Å²) >= 11 is 5.64. The highest BCUT2D eigenvalue weighted by molar-refractivity contribution is 7.71. The van der Waals surface area contributed by atoms with Crippen LogP contribution in [0.2, 0.25) is 0 Å². The van der Waals surface area contributed by atoms with E-state index in [-0.39, 0.29) is 0 Å². The molecule has 1 aromatic heterocycles. The van der Waals surface area contributed by atoms with Gasteiger partial charge in [-0.25, -0.2) is 4.68 Å². The topological polar surface area (TPSA) is 26.0 Å². The van der Waals surface area contributed by atoms with E-state index in [2.05, 4.69) is 28.2 Å². The molecule has 0 aromatic carbocycles. The Bertz CT molecular complexity index is 643. The van der Waals surface area contributed by atoms with Crippen LogP contribution in [0, 0.1) is 28.4 Å². The SMILES string of the molecule is CN(Cn1nc(C2CC2)n(C)c1=S)C1C2CC3CC(C2)CC1C3. The molecule has 0 aliphatic heterocycles. The van der Waals surface area contributed by atoms with Crippen LogP contribution in [0.15, 0.2) is 0 Å². The molecule has 5 fully saturated rings. The molecule has 1 heterocycles. The van der Waals surface area contributed by atoms with E-state index in [4.69, 9.17) is 17.3 Å². The third-order valence-corrected chi connectivity index (χ3v) is 7.54. The molecule has 1 aromatic rings. The van der Waals surface area contributed by atoms with Gasteiger partial charge in [0.1, 0.15) is 5.82 Å². The van der Waals surface area contributed by atoms with Gasteiger partial charge in [-0.2, -0.15) is 5.10 Å². The lowest BCUT2D eigenvalue weighted by molar-refractivity contribution is -0.0669. The fourth-order valence-corrected chi connectivity index (χ4v) is 6.41. The van der Waals surface area contributed by atoms with Gasteiger partial charge in [0.25, 0.3) is 0 Å². The Labute approximate surface area is 143 Å². The second-order valence-electron chi connectivity index (χ2n) is 8.79. The molecular formula is C18H28N4S. The summed E-state index contributed by atoms with van der Waals surface area (Å²) in [7, 11) is 4.39. The first kappa shape index (κ1) is 14.6. The van der Waals surface area contributed by atoms with E-state index in [1.54, 1.807) is 0 Å². The van der Waals surface area contributed by atoms with E-state index in [1.807, 2.05) is 0 Å². The normalized spacial score (nSPS) is 38.7. The molecule has 5 aliphatic rings. The Kier molecular flexibility index (Phi) is 3.28. The van der Waals surface area contributed by atoms with Crippen LogP contribution in [0.3, 0.4) is 0 Å². The summed E-state index contributed by atoms with van der Waals surface area (Å²) in [5.74, 6) is 5.80. The van der Waals surface area contributed by atoms with E-state index in [9.17, 15) is 0 Å². The minimum Gasteiger partial charge on any atom is -0.307 e. The number of hydrogen-bond donors (Lipinski definition) is 0. The van der Waals surface area contributed by atoms with Gasteiger partial charge in [-0.1, -0.05) is 0 Å². The molecule has 0 amide bonds. The summed E-state index contributed by atoms with van der Waals surface area (Å²) in [4.78, 5) is 2.58. The second-order valence-corrected chi connectivity index (χ2v) is 9.16. The molecule has 5 saturated carbocycles. The molecule has 4 bridgehead atoms. The molecule has 0 spiro atoms. The smallest absolute Gasteiger partial charge is 0.198 e. The lowest BCUT2D eigenvalue weighted by atomic mass is 9.54. The highest BCUT2D eigenvalue weighted by Gasteiger charge is 2.49. The predicted molar refractivity (Wildman–Crippen MR) is 92.6 cm³/mol. The molecule has 4 nitrogen and oxygen atoms in total. The van der Waals surface area contributed by atoms with Gasteiger partial charge in [0.15, 0.2) is 4.77 Å². The molecule has 0 unspecified atom stereocenters. The fraction of sp³-hybridized carbons (Fsp3) is 0.889. The lowest BCUT2D eigenvalue weighted by Crippen LogP contribution is -2.55. The van der Waals surface area contributed by atoms with Crippen molar-refractivity contribution in [1.82, 2.24) is 19.2 Å². The van der Waals surface area contributed by atoms with Crippen molar-refractivity contribution in [1.29, 1.82) is 0 Å². The largest absolute Gasteiger partial charge is 0.307 e. The minimum atomic E-state index is 0.662. The average molecular weight is 333 g/mol. The van der Waals surface area contributed by atoms with Crippen molar-refractivity contribution >= 4 is 12.2 Å². The van der Waals surface area contributed by atoms with Crippen molar-refractivity contribution in [3.05, 3.63) is 10.6 Å². The van der Waals surface area contributed by atoms with Crippen molar-refractivity contribution in [3.8, 4) is 0 Å². The van der Waals surface area contributed by atoms with Crippen LogP contribution in [0.5, 0.6) is 0 Å². The first-order chi connectivity index (χ1) is 11.1. The molecule has 5 aliphatic carbocycles. The summed E-state index contributed by atoms with van der Waals surface area (Å²) < 4.78 is 5.11. The van der Waals surface area contributed by atoms with Crippen LogP contribution in [0.25, 0.3) is 0 Å². The summed E-state index contributed by atoms with van der Waals surface area (Å²) in [5.41, 5.74) is 0. The number of rotatable bonds is 4. The molecule has 0 saturated heterocycles. The van der Waals surface area contributed by atoms with E-state index < -0.39 is 0 Å². The molecule has 23 heavy (non-hydrogen) atoms. The second kappa shape index (κ2) is 5.16. The Morgan fingerprint density at radius 1 is 1.09 bits per heavy atom. The van der Waals surface area contributed by atoms with Gasteiger partial charge in [-0.15, -0.1) is 0 Å². The maximum absolute atomic E-state index is 5.64. The highest BCUT2D eigenvalue weighted by atomic mass is 32.1. The third-order valence-electron chi connectivity index (χ3n) is 7.06. The third kappa shape index (κ3) is 2.34. The highest BCUT2D eigenvalue weighted by Crippen LogP contribution is 2.55. The summed E-state index contributed by atoms with van der Waals surface area (Å²) in [6, 6.07) is 0.760. The minimum absolute atomic E-state index is 0.662. The van der Waals surface area contributed by atoms with E-state index in [0.717, 1.165) is 41.2 Å². The van der Waals surface area contributed by atoms with Crippen LogP contribution in [0.4, 0.5) is 0 Å². The summed E-state index contributed by atoms with van der Waals surface area (Å²) in [6.07, 6.45) is 9.99. The summed E-state index contributed by atoms with van der Waals surface area (Å²) in [5, 5.41) is 4.86. The van der Waals surface area contributed by atoms with Crippen LogP contribution in [-0.2, 0) is 13.7 Å². The van der Waals surface area contributed by atoms with Gasteiger partial charge >= 0.3 is 0 Å². The number of nitrogens with zero attached hydrogens (tertiary/aromatic N) is 4. The molecule has 5 heteroatoms. The van der Waals surface area contributed by atoms with Gasteiger partial charge in [0, 0.05) is 19.0 Å². The zero-order valence-corrected chi connectivity index (χ0v) is 15.1. The predicted octanol–water partition coefficient (Wildman–Crippen LogP) is 3.54. The quantitative estimate of drug-likeness (QED) is 0.789. The van der Waals surface area contributed by atoms with Gasteiger partial charge in [0.2, 0.25) is 0 Å². The molecule has 0 atom stereocenters. The van der Waals surface area contributed by atoms with E-state index in [0.29, 0.717) is 5.92 Å². The first-order valence-corrected chi connectivity index (χ1v) is 9.85. The van der Waals surface area contributed by atoms with Crippen molar-refractivity contribution < 1.29 is 0 Å². The van der Waals surface area contributed by atoms with Crippen LogP contribution in [0.1, 0.15) is 56.7 Å². The van der Waals surface area contributed by atoms with Crippen LogP contribution in [-0.4, -0.2) is 32.3 Å². The fourth-order valence-electron chi connectivity index (χ4n) is 6.22. The number of aromatic nitrogens is 3. The maximum atomic E-state index is 5.64. The molecule has 0 N–H and O–H groups in total. The molecule has 126 valence electrons. The van der Waals surface area contributed by atoms with Crippen molar-refractivity contribution in [2.24, 2.45) is 30.7 Å². The molecule has 0 radical (unpaired) electrons. The Hall–Kier alpha value is -0.680. The number of hydrogen-bond acceptors (Lipinski definition) is 3. The standard InChI is InChI=1S/C18H28N4S/c1-20(10-22-18(23)21(2)17(19-22)13-3-4-13)16-14-6-11-5-12(8-14)9-15(16)7-11/h11-16H,3-10H2,1-2H3. The Morgan fingerprint density at radius 2 is 1.70 bits per heavy atom. The zero-order chi connectivity index (χ0) is 15.7. The molecule has 6 rings (SSSR count). The van der Waals surface area contributed by atoms with E-state index >= 15 is 0 Å². The van der Waals surface area contributed by atoms with Gasteiger partial charge in [-0.05, 0) is 87.9 Å². The lowest BCUT2D eigenvalue weighted by Gasteiger charge is -2.56. The van der Waals surface area contributed by atoms with Crippen molar-refractivity contribution in [2.75, 3.05) is 7.05 Å². The summed E-state index contributed by atoms with van der Waals surface area (Å²) in [6.45, 7) is 0.867. The van der Waals surface area contributed by atoms with Crippen molar-refractivity contribution in [3.63, 3.8) is 0 Å². The monoisotopic (exact) mass is 332 g/mol. The maximum Gasteiger partial charge on any atom is 0.198 e. The zero-order valence-electron chi connectivity index (χ0n) is 14.3. The van der Waals surface area contributed by atoms with Gasteiger partial charge < -0.3 is 4.57 Å². The average Bonchev–Trinajstić information content (AvgIpc) is 3.29. The van der Waals surface area contributed by atoms with E-state index in [1.165, 1.54) is 50.8 Å². The van der Waals surface area contributed by atoms with Crippen molar-refractivity contribution in [2.45, 2.75) is 63.6 Å². The first-order valence-electron chi connectivity index (χ1n) is 9.44. The Morgan fingerprint density at radius 3 is 2.26 bits per heavy atom. The van der Waals surface area contributed by atoms with Crippen LogP contribution >= 0.6 is 12.2 Å².